The van der Waals surface area contributed by atoms with Crippen molar-refractivity contribution < 1.29 is 28.5 Å². The van der Waals surface area contributed by atoms with Crippen molar-refractivity contribution >= 4 is 17.3 Å². The van der Waals surface area contributed by atoms with Crippen LogP contribution in [0.15, 0.2) is 48.0 Å². The third kappa shape index (κ3) is 2.96. The van der Waals surface area contributed by atoms with Crippen LogP contribution in [0.25, 0.3) is 0 Å². The number of hydroxylamine groups is 3. The lowest BCUT2D eigenvalue weighted by molar-refractivity contribution is -0.981. The molecule has 9 heterocycles. The molecule has 2 N–H and O–H groups in total. The smallest absolute Gasteiger partial charge is 0.329 e. The molecule has 10 atom stereocenters. The summed E-state index contributed by atoms with van der Waals surface area (Å²) >= 11 is 0. The van der Waals surface area contributed by atoms with Crippen molar-refractivity contribution in [1.29, 1.82) is 0 Å². The number of piperidine rings is 5. The number of carbonyl (C=O) groups is 1. The summed E-state index contributed by atoms with van der Waals surface area (Å²) in [6, 6.07) is 12.0. The van der Waals surface area contributed by atoms with E-state index in [2.05, 4.69) is 53.5 Å². The van der Waals surface area contributed by atoms with E-state index in [-0.39, 0.29) is 22.6 Å². The lowest BCUT2D eigenvalue weighted by Gasteiger charge is -2.71. The maximum atomic E-state index is 15.1. The van der Waals surface area contributed by atoms with Gasteiger partial charge < -0.3 is 34.7 Å². The first-order chi connectivity index (χ1) is 23.6. The fraction of sp³-hybridized carbons (Fsp3) is 0.625. The van der Waals surface area contributed by atoms with E-state index in [1.165, 1.54) is 31.9 Å². The summed E-state index contributed by atoms with van der Waals surface area (Å²) < 4.78 is 13.8. The number of quaternary nitrogens is 2. The molecule has 9 aliphatic heterocycles. The third-order valence-corrected chi connectivity index (χ3v) is 16.4. The molecule has 9 nitrogen and oxygen atoms in total. The van der Waals surface area contributed by atoms with Crippen LogP contribution in [0.5, 0.6) is 5.75 Å². The van der Waals surface area contributed by atoms with E-state index < -0.39 is 28.4 Å². The van der Waals surface area contributed by atoms with Crippen molar-refractivity contribution in [3.8, 4) is 5.75 Å². The number of ether oxygens (including phenoxy) is 2. The monoisotopic (exact) mass is 665 g/mol. The van der Waals surface area contributed by atoms with E-state index in [0.29, 0.717) is 37.8 Å². The number of fused-ring (bicyclic) bond motifs is 7. The Morgan fingerprint density at radius 1 is 1.14 bits per heavy atom. The highest BCUT2D eigenvalue weighted by Crippen LogP contribution is 2.70. The van der Waals surface area contributed by atoms with Crippen LogP contribution in [0.2, 0.25) is 0 Å². The lowest BCUT2D eigenvalue weighted by atomic mass is 9.57. The molecule has 0 amide bonds. The Balaban J connectivity index is 1.10. The van der Waals surface area contributed by atoms with Gasteiger partial charge >= 0.3 is 5.97 Å². The molecule has 6 fully saturated rings. The first kappa shape index (κ1) is 29.6. The molecule has 49 heavy (non-hydrogen) atoms. The summed E-state index contributed by atoms with van der Waals surface area (Å²) in [6.45, 7) is 8.55. The minimum Gasteiger partial charge on any atom is -0.632 e. The molecule has 2 aromatic rings. The van der Waals surface area contributed by atoms with Crippen molar-refractivity contribution in [2.45, 2.75) is 106 Å². The maximum absolute atomic E-state index is 15.1. The standard InChI is InChI=1S/C40H49N4O5/c1-4-25-23-44(47)18-14-37-22-26-19-29-30(41-39-13-12-36(5-2)11-8-16-43(39,24-36)17-15-38(29,39)46)21-32(26)49-40(37)33(44)20-27(25)34(35(45)48-3)42(40)31-10-7-6-9-28(31)37/h4,6-7,9-10,19,21,27,33-34,41,46H,5,8,11-18,20,22-24H2,1-3H3/q+1/b25-4-/t27-,33-,34-,36+,37+,38+,39-,40+,43-,44-/m0/s1. The number of carbonyl (C=O) groups excluding carboxylic acids is 1. The molecule has 0 aromatic heterocycles. The van der Waals surface area contributed by atoms with Gasteiger partial charge in [0.15, 0.2) is 11.6 Å². The Bertz CT molecular complexity index is 1900. The van der Waals surface area contributed by atoms with Crippen LogP contribution in [0, 0.1) is 16.5 Å². The SMILES string of the molecule is C/C=C1/C[N@@+]2([O-])CC[C@]34Cc5cc6c(cc5O[C@]35[C@@H]2C[C@@H]1[C@@H](C(=O)OC)N5c1ccccc14)N[C@@]12CC[C@@]3(CC)CCC[N@+]1(CC[C@@]62O)C3. The average Bonchev–Trinajstić information content (AvgIpc) is 3.61. The van der Waals surface area contributed by atoms with E-state index in [0.717, 1.165) is 77.2 Å². The van der Waals surface area contributed by atoms with E-state index in [9.17, 15) is 9.90 Å². The second kappa shape index (κ2) is 8.84. The number of hydrogen-bond acceptors (Lipinski definition) is 7. The Morgan fingerprint density at radius 2 is 2.00 bits per heavy atom. The van der Waals surface area contributed by atoms with Crippen molar-refractivity contribution in [2.24, 2.45) is 11.3 Å². The summed E-state index contributed by atoms with van der Waals surface area (Å²) in [5.74, 6) is 0.408. The largest absolute Gasteiger partial charge is 0.632 e. The van der Waals surface area contributed by atoms with Crippen LogP contribution in [0.3, 0.4) is 0 Å². The van der Waals surface area contributed by atoms with Gasteiger partial charge in [0.25, 0.3) is 0 Å². The fourth-order valence-electron chi connectivity index (χ4n) is 14.2. The molecule has 11 rings (SSSR count). The number of nitrogens with zero attached hydrogens (tertiary/aromatic N) is 3. The summed E-state index contributed by atoms with van der Waals surface area (Å²) in [5.41, 5.74) is 3.83. The number of methoxy groups -OCH3 is 1. The Hall–Kier alpha value is -3.11. The number of allylic oxidation sites excluding steroid dienone is 1. The molecule has 4 bridgehead atoms. The molecule has 0 unspecified atom stereocenters. The molecule has 0 saturated carbocycles. The van der Waals surface area contributed by atoms with Crippen LogP contribution in [-0.4, -0.2) is 83.5 Å². The number of para-hydroxylation sites is 1. The number of rotatable bonds is 2. The van der Waals surface area contributed by atoms with E-state index in [1.807, 2.05) is 13.0 Å². The number of nitrogens with one attached hydrogen (secondary N) is 1. The highest BCUT2D eigenvalue weighted by molar-refractivity contribution is 5.86. The molecule has 0 aliphatic carbocycles. The summed E-state index contributed by atoms with van der Waals surface area (Å²) in [5, 5.41) is 32.2. The first-order valence-corrected chi connectivity index (χ1v) is 19.0. The minimum absolute atomic E-state index is 0.111. The zero-order valence-corrected chi connectivity index (χ0v) is 29.1. The van der Waals surface area contributed by atoms with Gasteiger partial charge in [-0.1, -0.05) is 31.2 Å². The average molecular weight is 666 g/mol. The molecule has 9 aliphatic rings. The Morgan fingerprint density at radius 3 is 2.82 bits per heavy atom. The van der Waals surface area contributed by atoms with Crippen molar-refractivity contribution in [2.75, 3.05) is 50.1 Å². The second-order valence-electron chi connectivity index (χ2n) is 17.5. The summed E-state index contributed by atoms with van der Waals surface area (Å²) in [6.07, 6.45) is 10.7. The molecule has 258 valence electrons. The van der Waals surface area contributed by atoms with Crippen LogP contribution in [0.1, 0.15) is 81.9 Å². The second-order valence-corrected chi connectivity index (χ2v) is 17.5. The van der Waals surface area contributed by atoms with Gasteiger partial charge in [-0.3, -0.25) is 4.48 Å². The van der Waals surface area contributed by atoms with Crippen molar-refractivity contribution in [3.63, 3.8) is 0 Å². The Kier molecular flexibility index (Phi) is 5.34. The number of hydrogen-bond donors (Lipinski definition) is 2. The van der Waals surface area contributed by atoms with Crippen molar-refractivity contribution in [3.05, 3.63) is 69.9 Å². The lowest BCUT2D eigenvalue weighted by Crippen LogP contribution is -2.86. The number of aliphatic hydroxyl groups is 1. The zero-order valence-electron chi connectivity index (χ0n) is 29.1. The van der Waals surface area contributed by atoms with Crippen LogP contribution >= 0.6 is 0 Å². The van der Waals surface area contributed by atoms with Gasteiger partial charge in [0, 0.05) is 60.0 Å². The predicted octanol–water partition coefficient (Wildman–Crippen LogP) is 5.20. The first-order valence-electron chi connectivity index (χ1n) is 19.0. The molecule has 9 heteroatoms. The van der Waals surface area contributed by atoms with Crippen LogP contribution < -0.4 is 15.0 Å². The van der Waals surface area contributed by atoms with Gasteiger partial charge in [0.2, 0.25) is 11.4 Å². The molecule has 6 saturated heterocycles. The Labute approximate surface area is 288 Å². The minimum atomic E-state index is -1.03. The van der Waals surface area contributed by atoms with Gasteiger partial charge in [0.05, 0.1) is 38.7 Å². The number of anilines is 2. The van der Waals surface area contributed by atoms with E-state index in [1.54, 1.807) is 0 Å². The molecule has 3 spiro atoms. The summed E-state index contributed by atoms with van der Waals surface area (Å²) in [7, 11) is 1.48. The maximum Gasteiger partial charge on any atom is 0.329 e. The number of benzene rings is 2. The van der Waals surface area contributed by atoms with Crippen LogP contribution in [0.4, 0.5) is 11.4 Å². The summed E-state index contributed by atoms with van der Waals surface area (Å²) in [4.78, 5) is 16.2. The van der Waals surface area contributed by atoms with Crippen LogP contribution in [-0.2, 0) is 27.0 Å². The van der Waals surface area contributed by atoms with E-state index in [4.69, 9.17) is 9.47 Å². The third-order valence-electron chi connectivity index (χ3n) is 16.4. The fourth-order valence-corrected chi connectivity index (χ4v) is 14.2. The highest BCUT2D eigenvalue weighted by atomic mass is 16.6. The van der Waals surface area contributed by atoms with Gasteiger partial charge in [-0.15, -0.1) is 0 Å². The molecule has 0 radical (unpaired) electrons. The van der Waals surface area contributed by atoms with Gasteiger partial charge in [-0.25, -0.2) is 4.79 Å². The normalized spacial score (nSPS) is 47.9. The molecular weight excluding hydrogens is 616 g/mol. The topological polar surface area (TPSA) is 94.1 Å². The van der Waals surface area contributed by atoms with Gasteiger partial charge in [0.1, 0.15) is 18.3 Å². The predicted molar refractivity (Wildman–Crippen MR) is 184 cm³/mol. The molecular formula is C40H49N4O5+. The number of esters is 1. The highest BCUT2D eigenvalue weighted by Gasteiger charge is 2.81. The van der Waals surface area contributed by atoms with Crippen molar-refractivity contribution in [1.82, 2.24) is 0 Å². The van der Waals surface area contributed by atoms with E-state index >= 15 is 5.21 Å². The molecule has 2 aromatic carbocycles. The quantitative estimate of drug-likeness (QED) is 0.197. The van der Waals surface area contributed by atoms with Gasteiger partial charge in [-0.2, -0.15) is 0 Å². The zero-order chi connectivity index (χ0) is 33.4. The van der Waals surface area contributed by atoms with Gasteiger partial charge in [-0.05, 0) is 67.9 Å².